The van der Waals surface area contributed by atoms with Crippen LogP contribution in [0.15, 0.2) is 48.7 Å². The minimum Gasteiger partial charge on any atom is -0.497 e. The fraction of sp³-hybridized carbons (Fsp3) is 0.280. The summed E-state index contributed by atoms with van der Waals surface area (Å²) in [5.74, 6) is 2.81. The van der Waals surface area contributed by atoms with E-state index in [4.69, 9.17) is 14.2 Å². The van der Waals surface area contributed by atoms with Crippen molar-refractivity contribution in [1.29, 1.82) is 0 Å². The van der Waals surface area contributed by atoms with Gasteiger partial charge in [0, 0.05) is 13.2 Å². The molecule has 3 aromatic rings. The van der Waals surface area contributed by atoms with Crippen molar-refractivity contribution in [2.45, 2.75) is 32.1 Å². The van der Waals surface area contributed by atoms with Gasteiger partial charge in [0.15, 0.2) is 11.5 Å². The van der Waals surface area contributed by atoms with Crippen LogP contribution in [0, 0.1) is 13.8 Å². The van der Waals surface area contributed by atoms with E-state index in [0.29, 0.717) is 11.6 Å². The van der Waals surface area contributed by atoms with Gasteiger partial charge >= 0.3 is 0 Å². The number of hydrogen-bond donors (Lipinski definition) is 1. The molecule has 0 saturated heterocycles. The molecule has 0 unspecified atom stereocenters. The molecule has 1 fully saturated rings. The standard InChI is InChI=1S/C25H24N2O4.H2/c1-15-16(2)23(26-13-20(15)17-4-7-19(29-3)8-5-17)27-24(28)25(10-11-25)18-6-9-21-22(12-18)31-14-30-21;/h4-9,12-13H,10-11,14H2,1-3H3,(H,26,27,28);1H. The van der Waals surface area contributed by atoms with Crippen LogP contribution >= 0.6 is 0 Å². The minimum atomic E-state index is -0.530. The minimum absolute atomic E-state index is 0. The number of aromatic nitrogens is 1. The third kappa shape index (κ3) is 3.28. The summed E-state index contributed by atoms with van der Waals surface area (Å²) in [6.45, 7) is 4.27. The van der Waals surface area contributed by atoms with Crippen molar-refractivity contribution in [3.05, 3.63) is 65.4 Å². The van der Waals surface area contributed by atoms with Gasteiger partial charge in [0.1, 0.15) is 11.6 Å². The van der Waals surface area contributed by atoms with E-state index in [2.05, 4.69) is 17.2 Å². The monoisotopic (exact) mass is 418 g/mol. The maximum atomic E-state index is 13.2. The van der Waals surface area contributed by atoms with Crippen molar-refractivity contribution in [3.63, 3.8) is 0 Å². The number of benzene rings is 2. The molecule has 2 heterocycles. The Morgan fingerprint density at radius 3 is 2.52 bits per heavy atom. The normalized spacial score (nSPS) is 15.5. The van der Waals surface area contributed by atoms with E-state index in [1.165, 1.54) is 0 Å². The topological polar surface area (TPSA) is 69.7 Å². The van der Waals surface area contributed by atoms with Crippen LogP contribution in [-0.2, 0) is 10.2 Å². The van der Waals surface area contributed by atoms with Gasteiger partial charge in [-0.05, 0) is 73.2 Å². The summed E-state index contributed by atoms with van der Waals surface area (Å²) < 4.78 is 16.1. The molecule has 1 amide bonds. The zero-order valence-electron chi connectivity index (χ0n) is 17.8. The number of nitrogens with one attached hydrogen (secondary N) is 1. The number of nitrogens with zero attached hydrogens (tertiary/aromatic N) is 1. The van der Waals surface area contributed by atoms with Gasteiger partial charge in [-0.25, -0.2) is 4.98 Å². The SMILES string of the molecule is COc1ccc(-c2cnc(NC(=O)C3(c4ccc5c(c4)OCO5)CC3)c(C)c2C)cc1.[HH]. The number of pyridine rings is 1. The Bertz CT molecular complexity index is 1170. The summed E-state index contributed by atoms with van der Waals surface area (Å²) in [6.07, 6.45) is 3.43. The van der Waals surface area contributed by atoms with Gasteiger partial charge in [-0.2, -0.15) is 0 Å². The number of amides is 1. The molecule has 0 spiro atoms. The summed E-state index contributed by atoms with van der Waals surface area (Å²) in [4.78, 5) is 17.8. The van der Waals surface area contributed by atoms with Crippen molar-refractivity contribution in [2.24, 2.45) is 0 Å². The first-order valence-electron chi connectivity index (χ1n) is 10.3. The molecule has 160 valence electrons. The van der Waals surface area contributed by atoms with Crippen LogP contribution in [0.5, 0.6) is 17.2 Å². The van der Waals surface area contributed by atoms with Crippen LogP contribution < -0.4 is 19.5 Å². The number of anilines is 1. The molecule has 1 aliphatic carbocycles. The highest BCUT2D eigenvalue weighted by atomic mass is 16.7. The summed E-state index contributed by atoms with van der Waals surface area (Å²) in [7, 11) is 1.65. The molecule has 0 radical (unpaired) electrons. The van der Waals surface area contributed by atoms with E-state index in [1.807, 2.05) is 55.6 Å². The Balaban J connectivity index is 0.00000245. The predicted octanol–water partition coefficient (Wildman–Crippen LogP) is 5.02. The molecule has 5 rings (SSSR count). The summed E-state index contributed by atoms with van der Waals surface area (Å²) in [5, 5.41) is 3.07. The molecular weight excluding hydrogens is 392 g/mol. The number of ether oxygens (including phenoxy) is 3. The summed E-state index contributed by atoms with van der Waals surface area (Å²) >= 11 is 0. The van der Waals surface area contributed by atoms with Gasteiger partial charge in [0.25, 0.3) is 0 Å². The third-order valence-corrected chi connectivity index (χ3v) is 6.39. The molecule has 6 nitrogen and oxygen atoms in total. The average Bonchev–Trinajstić information content (AvgIpc) is 3.48. The van der Waals surface area contributed by atoms with Crippen molar-refractivity contribution >= 4 is 11.7 Å². The van der Waals surface area contributed by atoms with Crippen molar-refractivity contribution in [2.75, 3.05) is 19.2 Å². The molecule has 1 saturated carbocycles. The van der Waals surface area contributed by atoms with Crippen molar-refractivity contribution in [3.8, 4) is 28.4 Å². The highest BCUT2D eigenvalue weighted by Crippen LogP contribution is 2.51. The first-order chi connectivity index (χ1) is 15.0. The van der Waals surface area contributed by atoms with E-state index in [1.54, 1.807) is 7.11 Å². The molecule has 0 atom stereocenters. The van der Waals surface area contributed by atoms with Crippen LogP contribution in [0.25, 0.3) is 11.1 Å². The fourth-order valence-electron chi connectivity index (χ4n) is 4.08. The van der Waals surface area contributed by atoms with E-state index in [-0.39, 0.29) is 14.1 Å². The third-order valence-electron chi connectivity index (χ3n) is 6.39. The summed E-state index contributed by atoms with van der Waals surface area (Å²) in [5.41, 5.74) is 4.57. The van der Waals surface area contributed by atoms with Gasteiger partial charge < -0.3 is 19.5 Å². The lowest BCUT2D eigenvalue weighted by Gasteiger charge is -2.18. The summed E-state index contributed by atoms with van der Waals surface area (Å²) in [6, 6.07) is 13.6. The van der Waals surface area contributed by atoms with E-state index < -0.39 is 5.41 Å². The fourth-order valence-corrected chi connectivity index (χ4v) is 4.08. The number of hydrogen-bond acceptors (Lipinski definition) is 5. The van der Waals surface area contributed by atoms with Crippen molar-refractivity contribution in [1.82, 2.24) is 4.98 Å². The van der Waals surface area contributed by atoms with E-state index in [9.17, 15) is 4.79 Å². The molecule has 0 bridgehead atoms. The number of fused-ring (bicyclic) bond motifs is 1. The Hall–Kier alpha value is -3.54. The van der Waals surface area contributed by atoms with Gasteiger partial charge in [-0.15, -0.1) is 0 Å². The Morgan fingerprint density at radius 2 is 1.81 bits per heavy atom. The molecule has 1 aromatic heterocycles. The number of methoxy groups -OCH3 is 1. The number of carbonyl (C=O) groups is 1. The molecule has 6 heteroatoms. The first-order valence-corrected chi connectivity index (χ1v) is 10.3. The zero-order chi connectivity index (χ0) is 21.6. The molecule has 2 aliphatic rings. The second kappa shape index (κ2) is 7.30. The molecule has 1 N–H and O–H groups in total. The van der Waals surface area contributed by atoms with Crippen LogP contribution in [0.1, 0.15) is 31.0 Å². The highest BCUT2D eigenvalue weighted by molar-refractivity contribution is 6.01. The maximum Gasteiger partial charge on any atom is 0.236 e. The largest absolute Gasteiger partial charge is 0.497 e. The molecule has 31 heavy (non-hydrogen) atoms. The van der Waals surface area contributed by atoms with Gasteiger partial charge in [0.05, 0.1) is 12.5 Å². The Kier molecular flexibility index (Phi) is 4.58. The Labute approximate surface area is 182 Å². The second-order valence-corrected chi connectivity index (χ2v) is 8.10. The molecule has 1 aliphatic heterocycles. The lowest BCUT2D eigenvalue weighted by Crippen LogP contribution is -2.28. The molecule has 2 aromatic carbocycles. The predicted molar refractivity (Wildman–Crippen MR) is 120 cm³/mol. The van der Waals surface area contributed by atoms with Crippen LogP contribution in [0.3, 0.4) is 0 Å². The number of carbonyl (C=O) groups excluding carboxylic acids is 1. The van der Waals surface area contributed by atoms with Gasteiger partial charge in [-0.3, -0.25) is 4.79 Å². The molecular formula is C25H26N2O4. The lowest BCUT2D eigenvalue weighted by molar-refractivity contribution is -0.118. The second-order valence-electron chi connectivity index (χ2n) is 8.10. The van der Waals surface area contributed by atoms with Gasteiger partial charge in [-0.1, -0.05) is 18.2 Å². The number of rotatable bonds is 5. The first kappa shape index (κ1) is 19.4. The smallest absolute Gasteiger partial charge is 0.236 e. The van der Waals surface area contributed by atoms with E-state index in [0.717, 1.165) is 52.2 Å². The van der Waals surface area contributed by atoms with E-state index >= 15 is 0 Å². The van der Waals surface area contributed by atoms with Crippen LogP contribution in [0.2, 0.25) is 0 Å². The van der Waals surface area contributed by atoms with Crippen molar-refractivity contribution < 1.29 is 20.4 Å². The zero-order valence-corrected chi connectivity index (χ0v) is 17.8. The highest BCUT2D eigenvalue weighted by Gasteiger charge is 2.52. The van der Waals surface area contributed by atoms with Gasteiger partial charge in [0.2, 0.25) is 12.7 Å². The maximum absolute atomic E-state index is 13.2. The quantitative estimate of drug-likeness (QED) is 0.630. The Morgan fingerprint density at radius 1 is 1.06 bits per heavy atom. The van der Waals surface area contributed by atoms with Crippen LogP contribution in [0.4, 0.5) is 5.82 Å². The lowest BCUT2D eigenvalue weighted by atomic mass is 9.94. The van der Waals surface area contributed by atoms with Crippen LogP contribution in [-0.4, -0.2) is 24.8 Å². The average molecular weight is 418 g/mol.